The summed E-state index contributed by atoms with van der Waals surface area (Å²) in [5, 5.41) is 22.8. The summed E-state index contributed by atoms with van der Waals surface area (Å²) < 4.78 is 19.8. The van der Waals surface area contributed by atoms with Crippen LogP contribution in [0.3, 0.4) is 0 Å². The molecule has 4 aromatic rings. The Morgan fingerprint density at radius 3 is 2.46 bits per heavy atom. The van der Waals surface area contributed by atoms with Crippen molar-refractivity contribution in [3.63, 3.8) is 0 Å². The van der Waals surface area contributed by atoms with Gasteiger partial charge in [-0.1, -0.05) is 42.8 Å². The third-order valence-corrected chi connectivity index (χ3v) is 14.6. The maximum Gasteiger partial charge on any atom is 0.258 e. The Bertz CT molecular complexity index is 2380. The van der Waals surface area contributed by atoms with Crippen molar-refractivity contribution in [2.45, 2.75) is 87.4 Å². The summed E-state index contributed by atoms with van der Waals surface area (Å²) in [6, 6.07) is 10.8. The van der Waals surface area contributed by atoms with Gasteiger partial charge in [-0.05, 0) is 62.9 Å². The predicted octanol–water partition coefficient (Wildman–Crippen LogP) is 5.28. The second-order valence-corrected chi connectivity index (χ2v) is 20.6. The number of rotatable bonds is 17. The van der Waals surface area contributed by atoms with Gasteiger partial charge in [-0.3, -0.25) is 24.1 Å². The smallest absolute Gasteiger partial charge is 0.258 e. The number of nitrogens with one attached hydrogen (secondary N) is 4. The van der Waals surface area contributed by atoms with Crippen molar-refractivity contribution in [2.24, 2.45) is 0 Å². The van der Waals surface area contributed by atoms with Crippen LogP contribution in [-0.2, 0) is 20.9 Å². The zero-order valence-corrected chi connectivity index (χ0v) is 39.7. The van der Waals surface area contributed by atoms with Crippen molar-refractivity contribution >= 4 is 75.8 Å². The number of anilines is 3. The van der Waals surface area contributed by atoms with E-state index in [1.165, 1.54) is 30.0 Å². The van der Waals surface area contributed by atoms with Gasteiger partial charge in [0.05, 0.1) is 41.2 Å². The van der Waals surface area contributed by atoms with Crippen molar-refractivity contribution in [2.75, 3.05) is 64.1 Å². The first kappa shape index (κ1) is 47.9. The number of methoxy groups -OCH3 is 1. The normalized spacial score (nSPS) is 19.3. The van der Waals surface area contributed by atoms with E-state index in [1.54, 1.807) is 47.0 Å². The number of thioether (sulfide) groups is 1. The molecule has 1 aliphatic carbocycles. The molecule has 5 N–H and O–H groups in total. The van der Waals surface area contributed by atoms with E-state index < -0.39 is 46.3 Å². The summed E-state index contributed by atoms with van der Waals surface area (Å²) in [4.78, 5) is 74.5. The minimum Gasteiger partial charge on any atom is -0.495 e. The summed E-state index contributed by atoms with van der Waals surface area (Å²) in [5.74, 6) is -0.750. The number of thiazole rings is 1. The molecule has 2 saturated heterocycles. The van der Waals surface area contributed by atoms with Gasteiger partial charge in [-0.15, -0.1) is 23.1 Å². The van der Waals surface area contributed by atoms with Crippen LogP contribution in [0.1, 0.15) is 61.6 Å². The lowest BCUT2D eigenvalue weighted by molar-refractivity contribution is -0.143. The highest BCUT2D eigenvalue weighted by Crippen LogP contribution is 2.41. The minimum absolute atomic E-state index is 0.0288. The average molecular weight is 952 g/mol. The van der Waals surface area contributed by atoms with Crippen molar-refractivity contribution in [1.82, 2.24) is 40.3 Å². The molecule has 1 saturated carbocycles. The SMILES string of the molecule is CNc1nc(Nc2ccc(C(=O)N3CCN(C[C@H](C)SC(C)(C)[C@H](NC(=O)C4(F)CC4)C(=O)N4C[C@H](O)C[C@H]4C(=O)NCc4ccc(-c5scnc5C)cc4)CC3)cc2OC)ncc1Cl. The van der Waals surface area contributed by atoms with Crippen molar-refractivity contribution in [3.05, 3.63) is 76.0 Å². The van der Waals surface area contributed by atoms with Crippen LogP contribution < -0.4 is 26.0 Å². The molecule has 16 nitrogen and oxygen atoms in total. The van der Waals surface area contributed by atoms with E-state index in [0.717, 1.165) is 21.7 Å². The highest BCUT2D eigenvalue weighted by Gasteiger charge is 2.54. The molecule has 0 spiro atoms. The molecule has 2 aromatic carbocycles. The molecule has 65 heavy (non-hydrogen) atoms. The lowest BCUT2D eigenvalue weighted by atomic mass is 10.00. The number of likely N-dealkylation sites (tertiary alicyclic amines) is 1. The van der Waals surface area contributed by atoms with E-state index in [1.807, 2.05) is 52.0 Å². The molecule has 7 rings (SSSR count). The quantitative estimate of drug-likeness (QED) is 0.0920. The summed E-state index contributed by atoms with van der Waals surface area (Å²) in [5.41, 5.74) is 3.64. The molecular formula is C45H56ClFN10O6S2. The Morgan fingerprint density at radius 1 is 1.09 bits per heavy atom. The molecule has 348 valence electrons. The predicted molar refractivity (Wildman–Crippen MR) is 252 cm³/mol. The lowest BCUT2D eigenvalue weighted by Crippen LogP contribution is -2.61. The van der Waals surface area contributed by atoms with E-state index in [-0.39, 0.29) is 43.5 Å². The Hall–Kier alpha value is -5.08. The van der Waals surface area contributed by atoms with Crippen molar-refractivity contribution < 1.29 is 33.4 Å². The van der Waals surface area contributed by atoms with Gasteiger partial charge in [0.25, 0.3) is 11.8 Å². The maximum absolute atomic E-state index is 15.2. The summed E-state index contributed by atoms with van der Waals surface area (Å²) in [7, 11) is 3.23. The molecule has 4 amide bonds. The van der Waals surface area contributed by atoms with Crippen molar-refractivity contribution in [3.8, 4) is 16.2 Å². The molecule has 0 bridgehead atoms. The van der Waals surface area contributed by atoms with E-state index >= 15 is 4.39 Å². The van der Waals surface area contributed by atoms with Gasteiger partial charge >= 0.3 is 0 Å². The molecule has 20 heteroatoms. The number of aliphatic hydroxyl groups is 1. The fourth-order valence-electron chi connectivity index (χ4n) is 8.22. The van der Waals surface area contributed by atoms with Crippen LogP contribution in [0.25, 0.3) is 10.4 Å². The first-order chi connectivity index (χ1) is 31.0. The summed E-state index contributed by atoms with van der Waals surface area (Å²) >= 11 is 9.17. The average Bonchev–Trinajstić information content (AvgIpc) is 3.70. The first-order valence-electron chi connectivity index (χ1n) is 21.6. The highest BCUT2D eigenvalue weighted by atomic mass is 35.5. The fourth-order valence-corrected chi connectivity index (χ4v) is 10.8. The van der Waals surface area contributed by atoms with Gasteiger partial charge < -0.3 is 40.9 Å². The molecular weight excluding hydrogens is 895 g/mol. The van der Waals surface area contributed by atoms with Gasteiger partial charge in [-0.25, -0.2) is 14.4 Å². The number of nitrogens with zero attached hydrogens (tertiary/aromatic N) is 6. The molecule has 3 aliphatic rings. The fraction of sp³-hybridized carbons (Fsp3) is 0.489. The number of amides is 4. The van der Waals surface area contributed by atoms with Crippen LogP contribution in [0.2, 0.25) is 5.02 Å². The number of β-amino-alcohol motifs (C(OH)–C–C–N with tert-alkyl or cyclic N) is 1. The van der Waals surface area contributed by atoms with Gasteiger partial charge in [-0.2, -0.15) is 4.98 Å². The molecule has 2 aliphatic heterocycles. The summed E-state index contributed by atoms with van der Waals surface area (Å²) in [6.07, 6.45) is 0.705. The lowest BCUT2D eigenvalue weighted by Gasteiger charge is -2.40. The molecule has 4 atom stereocenters. The van der Waals surface area contributed by atoms with Gasteiger partial charge in [0.2, 0.25) is 17.8 Å². The highest BCUT2D eigenvalue weighted by molar-refractivity contribution is 8.01. The Labute approximate surface area is 391 Å². The topological polar surface area (TPSA) is 194 Å². The Balaban J connectivity index is 0.952. The molecule has 4 heterocycles. The molecule has 3 fully saturated rings. The number of carbonyl (C=O) groups excluding carboxylic acids is 4. The summed E-state index contributed by atoms with van der Waals surface area (Å²) in [6.45, 7) is 10.6. The third kappa shape index (κ3) is 11.3. The number of hydrogen-bond acceptors (Lipinski definition) is 14. The number of carbonyl (C=O) groups is 4. The maximum atomic E-state index is 15.2. The van der Waals surface area contributed by atoms with E-state index in [0.29, 0.717) is 66.5 Å². The number of ether oxygens (including phenoxy) is 1. The van der Waals surface area contributed by atoms with Gasteiger partial charge in [0, 0.05) is 74.8 Å². The van der Waals surface area contributed by atoms with Crippen LogP contribution in [0, 0.1) is 6.92 Å². The molecule has 0 radical (unpaired) electrons. The third-order valence-electron chi connectivity index (χ3n) is 12.0. The number of alkyl halides is 1. The standard InChI is InChI=1S/C45H56ClFN10O6S2/c1-26(23-55-15-17-56(18-16-55)40(60)30-11-12-33(35(19-30)63-6)52-43-50-22-32(46)38(48-5)54-43)65-44(3,4)37(53-42(62)45(47)13-14-45)41(61)57-24-31(58)20-34(57)39(59)49-21-28-7-9-29(10-8-28)36-27(2)51-25-64-36/h7-12,19,22,25-26,31,34,37,58H,13-18,20-21,23-24H2,1-6H3,(H,49,59)(H,53,62)(H2,48,50,52,54)/t26-,31+,34-,37+/m0/s1. The van der Waals surface area contributed by atoms with Crippen LogP contribution in [0.15, 0.2) is 54.2 Å². The number of aromatic nitrogens is 3. The number of benzene rings is 2. The number of aryl methyl sites for hydroxylation is 1. The van der Waals surface area contributed by atoms with E-state index in [4.69, 9.17) is 16.3 Å². The molecule has 0 unspecified atom stereocenters. The van der Waals surface area contributed by atoms with E-state index in [9.17, 15) is 24.3 Å². The minimum atomic E-state index is -2.04. The van der Waals surface area contributed by atoms with Crippen LogP contribution in [0.4, 0.5) is 21.8 Å². The second kappa shape index (κ2) is 20.2. The monoisotopic (exact) mass is 950 g/mol. The largest absolute Gasteiger partial charge is 0.495 e. The van der Waals surface area contributed by atoms with Crippen LogP contribution >= 0.6 is 34.7 Å². The van der Waals surface area contributed by atoms with Gasteiger partial charge in [0.1, 0.15) is 28.7 Å². The number of hydrogen-bond donors (Lipinski definition) is 5. The second-order valence-electron chi connectivity index (χ2n) is 17.3. The van der Waals surface area contributed by atoms with Crippen LogP contribution in [-0.4, -0.2) is 146 Å². The zero-order valence-electron chi connectivity index (χ0n) is 37.3. The number of halogens is 2. The van der Waals surface area contributed by atoms with Gasteiger partial charge in [0.15, 0.2) is 5.67 Å². The Kier molecular flexibility index (Phi) is 14.9. The number of piperazine rings is 1. The molecule has 2 aromatic heterocycles. The van der Waals surface area contributed by atoms with Crippen molar-refractivity contribution in [1.29, 1.82) is 0 Å². The zero-order chi connectivity index (χ0) is 46.6. The first-order valence-corrected chi connectivity index (χ1v) is 23.7. The number of aliphatic hydroxyl groups excluding tert-OH is 1. The van der Waals surface area contributed by atoms with E-state index in [2.05, 4.69) is 41.1 Å². The van der Waals surface area contributed by atoms with Crippen LogP contribution in [0.5, 0.6) is 5.75 Å². The Morgan fingerprint density at radius 2 is 1.82 bits per heavy atom.